The fourth-order valence-electron chi connectivity index (χ4n) is 5.47. The van der Waals surface area contributed by atoms with Crippen LogP contribution in [0.25, 0.3) is 0 Å². The molecule has 0 heterocycles. The van der Waals surface area contributed by atoms with E-state index in [0.29, 0.717) is 28.4 Å². The van der Waals surface area contributed by atoms with E-state index in [0.717, 1.165) is 41.1 Å². The Balaban J connectivity index is 1.75. The number of benzene rings is 3. The number of rotatable bonds is 12. The largest absolute Gasteiger partial charge is 0.497 e. The van der Waals surface area contributed by atoms with Crippen LogP contribution in [0.4, 0.5) is 5.69 Å². The fourth-order valence-corrected chi connectivity index (χ4v) is 7.11. The van der Waals surface area contributed by atoms with Gasteiger partial charge in [-0.3, -0.25) is 13.9 Å². The van der Waals surface area contributed by atoms with Gasteiger partial charge in [-0.05, 0) is 80.6 Å². The van der Waals surface area contributed by atoms with Gasteiger partial charge in [-0.15, -0.1) is 0 Å². The zero-order chi connectivity index (χ0) is 31.1. The van der Waals surface area contributed by atoms with E-state index in [1.165, 1.54) is 17.0 Å². The van der Waals surface area contributed by atoms with Gasteiger partial charge in [0.05, 0.1) is 17.7 Å². The minimum Gasteiger partial charge on any atom is -0.497 e. The second kappa shape index (κ2) is 14.3. The van der Waals surface area contributed by atoms with Crippen molar-refractivity contribution in [3.63, 3.8) is 0 Å². The summed E-state index contributed by atoms with van der Waals surface area (Å²) in [7, 11) is -2.62. The Labute approximate surface area is 260 Å². The lowest BCUT2D eigenvalue weighted by molar-refractivity contribution is -0.140. The van der Waals surface area contributed by atoms with Crippen molar-refractivity contribution in [2.45, 2.75) is 76.4 Å². The standard InChI is InChI=1S/C33H40ClN3O5S/c1-5-30(33(39)35-26-11-6-7-12-26)36(21-25-10-8-13-27(20-25)42-4)32(38)22-37(31-15-9-14-29(34)24(31)3)43(40,41)28-18-16-23(2)17-19-28/h8-10,13-20,26,30H,5-7,11-12,21-22H2,1-4H3,(H,35,39)/t30-/m1/s1. The fraction of sp³-hybridized carbons (Fsp3) is 0.394. The zero-order valence-electron chi connectivity index (χ0n) is 25.2. The summed E-state index contributed by atoms with van der Waals surface area (Å²) >= 11 is 6.42. The van der Waals surface area contributed by atoms with Gasteiger partial charge in [0.1, 0.15) is 18.3 Å². The first kappa shape index (κ1) is 32.4. The molecule has 10 heteroatoms. The van der Waals surface area contributed by atoms with Gasteiger partial charge in [-0.25, -0.2) is 8.42 Å². The van der Waals surface area contributed by atoms with E-state index in [2.05, 4.69) is 5.32 Å². The summed E-state index contributed by atoms with van der Waals surface area (Å²) in [5.74, 6) is -0.129. The molecule has 1 aliphatic carbocycles. The number of amides is 2. The average molecular weight is 626 g/mol. The SMILES string of the molecule is CC[C@H](C(=O)NC1CCCC1)N(Cc1cccc(OC)c1)C(=O)CN(c1cccc(Cl)c1C)S(=O)(=O)c1ccc(C)cc1. The smallest absolute Gasteiger partial charge is 0.264 e. The normalized spacial score (nSPS) is 14.3. The molecule has 43 heavy (non-hydrogen) atoms. The highest BCUT2D eigenvalue weighted by Crippen LogP contribution is 2.31. The van der Waals surface area contributed by atoms with Gasteiger partial charge in [0, 0.05) is 17.6 Å². The molecular weight excluding hydrogens is 586 g/mol. The lowest BCUT2D eigenvalue weighted by Crippen LogP contribution is -2.53. The van der Waals surface area contributed by atoms with Crippen molar-refractivity contribution in [3.05, 3.63) is 88.4 Å². The molecule has 0 radical (unpaired) electrons. The van der Waals surface area contributed by atoms with Crippen LogP contribution < -0.4 is 14.4 Å². The number of nitrogens with zero attached hydrogens (tertiary/aromatic N) is 2. The quantitative estimate of drug-likeness (QED) is 0.265. The maximum Gasteiger partial charge on any atom is 0.264 e. The summed E-state index contributed by atoms with van der Waals surface area (Å²) in [6.07, 6.45) is 4.28. The van der Waals surface area contributed by atoms with E-state index < -0.39 is 28.5 Å². The number of sulfonamides is 1. The topological polar surface area (TPSA) is 96.0 Å². The number of hydrogen-bond donors (Lipinski definition) is 1. The van der Waals surface area contributed by atoms with E-state index in [1.54, 1.807) is 50.4 Å². The number of carbonyl (C=O) groups excluding carboxylic acids is 2. The molecule has 3 aromatic carbocycles. The van der Waals surface area contributed by atoms with Gasteiger partial charge in [0.2, 0.25) is 11.8 Å². The minimum absolute atomic E-state index is 0.0515. The molecular formula is C33H40ClN3O5S. The first-order valence-electron chi connectivity index (χ1n) is 14.6. The van der Waals surface area contributed by atoms with Gasteiger partial charge >= 0.3 is 0 Å². The Bertz CT molecular complexity index is 1540. The van der Waals surface area contributed by atoms with Crippen LogP contribution in [0, 0.1) is 13.8 Å². The molecule has 0 spiro atoms. The summed E-state index contributed by atoms with van der Waals surface area (Å²) in [6.45, 7) is 5.02. The van der Waals surface area contributed by atoms with Crippen LogP contribution in [0.15, 0.2) is 71.6 Å². The van der Waals surface area contributed by atoms with Crippen LogP contribution in [0.5, 0.6) is 5.75 Å². The molecule has 0 aromatic heterocycles. The molecule has 1 fully saturated rings. The Morgan fingerprint density at radius 1 is 1.02 bits per heavy atom. The van der Waals surface area contributed by atoms with E-state index in [9.17, 15) is 18.0 Å². The lowest BCUT2D eigenvalue weighted by atomic mass is 10.1. The van der Waals surface area contributed by atoms with Crippen LogP contribution in [0.1, 0.15) is 55.7 Å². The molecule has 230 valence electrons. The van der Waals surface area contributed by atoms with E-state index >= 15 is 0 Å². The van der Waals surface area contributed by atoms with Crippen molar-refractivity contribution in [1.82, 2.24) is 10.2 Å². The summed E-state index contributed by atoms with van der Waals surface area (Å²) in [5.41, 5.74) is 2.49. The van der Waals surface area contributed by atoms with Gasteiger partial charge in [0.15, 0.2) is 0 Å². The zero-order valence-corrected chi connectivity index (χ0v) is 26.7. The number of anilines is 1. The second-order valence-electron chi connectivity index (χ2n) is 11.0. The number of methoxy groups -OCH3 is 1. The van der Waals surface area contributed by atoms with E-state index in [4.69, 9.17) is 16.3 Å². The molecule has 0 saturated heterocycles. The predicted octanol–water partition coefficient (Wildman–Crippen LogP) is 6.03. The first-order valence-corrected chi connectivity index (χ1v) is 16.4. The first-order chi connectivity index (χ1) is 20.5. The highest BCUT2D eigenvalue weighted by molar-refractivity contribution is 7.92. The summed E-state index contributed by atoms with van der Waals surface area (Å²) in [6, 6.07) is 18.0. The number of hydrogen-bond acceptors (Lipinski definition) is 5. The number of carbonyl (C=O) groups is 2. The van der Waals surface area contributed by atoms with Crippen LogP contribution in [0.2, 0.25) is 5.02 Å². The molecule has 0 bridgehead atoms. The van der Waals surface area contributed by atoms with Crippen molar-refractivity contribution < 1.29 is 22.7 Å². The van der Waals surface area contributed by atoms with Gasteiger partial charge < -0.3 is 15.0 Å². The Morgan fingerprint density at radius 3 is 2.35 bits per heavy atom. The van der Waals surface area contributed by atoms with Crippen LogP contribution in [-0.4, -0.2) is 50.9 Å². The van der Waals surface area contributed by atoms with E-state index in [-0.39, 0.29) is 23.4 Å². The molecule has 8 nitrogen and oxygen atoms in total. The molecule has 2 amide bonds. The van der Waals surface area contributed by atoms with Crippen molar-refractivity contribution in [3.8, 4) is 5.75 Å². The van der Waals surface area contributed by atoms with Crippen molar-refractivity contribution in [1.29, 1.82) is 0 Å². The third kappa shape index (κ3) is 7.70. The van der Waals surface area contributed by atoms with Gasteiger partial charge in [-0.2, -0.15) is 0 Å². The van der Waals surface area contributed by atoms with Crippen molar-refractivity contribution >= 4 is 39.1 Å². The molecule has 3 aromatic rings. The predicted molar refractivity (Wildman–Crippen MR) is 170 cm³/mol. The Morgan fingerprint density at radius 2 is 1.70 bits per heavy atom. The molecule has 1 N–H and O–H groups in total. The number of aryl methyl sites for hydroxylation is 1. The van der Waals surface area contributed by atoms with Crippen LogP contribution in [0.3, 0.4) is 0 Å². The number of nitrogens with one attached hydrogen (secondary N) is 1. The number of ether oxygens (including phenoxy) is 1. The highest BCUT2D eigenvalue weighted by atomic mass is 35.5. The maximum absolute atomic E-state index is 14.3. The Hall–Kier alpha value is -3.56. The summed E-state index contributed by atoms with van der Waals surface area (Å²) in [5, 5.41) is 3.51. The molecule has 1 saturated carbocycles. The lowest BCUT2D eigenvalue weighted by Gasteiger charge is -2.34. The summed E-state index contributed by atoms with van der Waals surface area (Å²) < 4.78 is 34.7. The third-order valence-electron chi connectivity index (χ3n) is 7.97. The monoisotopic (exact) mass is 625 g/mol. The van der Waals surface area contributed by atoms with Gasteiger partial charge in [0.25, 0.3) is 10.0 Å². The van der Waals surface area contributed by atoms with E-state index in [1.807, 2.05) is 32.0 Å². The van der Waals surface area contributed by atoms with Crippen molar-refractivity contribution in [2.24, 2.45) is 0 Å². The average Bonchev–Trinajstić information content (AvgIpc) is 3.50. The molecule has 1 aliphatic rings. The third-order valence-corrected chi connectivity index (χ3v) is 10.2. The second-order valence-corrected chi connectivity index (χ2v) is 13.3. The van der Waals surface area contributed by atoms with Crippen LogP contribution >= 0.6 is 11.6 Å². The Kier molecular flexibility index (Phi) is 10.7. The van der Waals surface area contributed by atoms with Gasteiger partial charge in [-0.1, -0.05) is 67.3 Å². The minimum atomic E-state index is -4.19. The summed E-state index contributed by atoms with van der Waals surface area (Å²) in [4.78, 5) is 29.5. The number of halogens is 1. The van der Waals surface area contributed by atoms with Crippen molar-refractivity contribution in [2.75, 3.05) is 18.0 Å². The highest BCUT2D eigenvalue weighted by Gasteiger charge is 2.35. The molecule has 0 unspecified atom stereocenters. The molecule has 0 aliphatic heterocycles. The molecule has 4 rings (SSSR count). The molecule has 1 atom stereocenters. The maximum atomic E-state index is 14.3. The van der Waals surface area contributed by atoms with Crippen LogP contribution in [-0.2, 0) is 26.2 Å².